The molecule has 2 nitrogen and oxygen atoms in total. The van der Waals surface area contributed by atoms with E-state index in [4.69, 9.17) is 5.11 Å². The molecule has 0 amide bonds. The Kier molecular flexibility index (Phi) is 11.7. The third kappa shape index (κ3) is 11.8. The fourth-order valence-electron chi connectivity index (χ4n) is 1.60. The molecule has 0 aliphatic heterocycles. The number of carboxylic acid groups (broad SMARTS) is 1. The van der Waals surface area contributed by atoms with Crippen LogP contribution in [-0.2, 0) is 4.79 Å². The lowest BCUT2D eigenvalue weighted by Gasteiger charge is -2.02. The molecule has 0 radical (unpaired) electrons. The molecular formula is C14H26O2S. The molecule has 0 rings (SSSR count). The van der Waals surface area contributed by atoms with E-state index in [0.29, 0.717) is 11.3 Å². The zero-order chi connectivity index (χ0) is 12.9. The van der Waals surface area contributed by atoms with E-state index in [1.165, 1.54) is 51.4 Å². The largest absolute Gasteiger partial charge is 0.478 e. The number of hydrogen-bond acceptors (Lipinski definition) is 2. The molecule has 0 atom stereocenters. The Labute approximate surface area is 110 Å². The van der Waals surface area contributed by atoms with Gasteiger partial charge in [-0.1, -0.05) is 58.4 Å². The van der Waals surface area contributed by atoms with Crippen molar-refractivity contribution in [3.63, 3.8) is 0 Å². The standard InChI is InChI=1S/C14H26O2S/c1-3-4-5-6-7-8-9-10-11-17-12-13(2)14(15)16/h2-12H2,1H3,(H,15,16). The Morgan fingerprint density at radius 2 is 1.59 bits per heavy atom. The topological polar surface area (TPSA) is 37.3 Å². The van der Waals surface area contributed by atoms with Gasteiger partial charge in [-0.2, -0.15) is 11.8 Å². The highest BCUT2D eigenvalue weighted by molar-refractivity contribution is 7.99. The van der Waals surface area contributed by atoms with Crippen LogP contribution in [0.4, 0.5) is 0 Å². The van der Waals surface area contributed by atoms with Gasteiger partial charge in [-0.15, -0.1) is 0 Å². The fourth-order valence-corrected chi connectivity index (χ4v) is 2.52. The summed E-state index contributed by atoms with van der Waals surface area (Å²) in [6.45, 7) is 5.75. The minimum Gasteiger partial charge on any atom is -0.478 e. The van der Waals surface area contributed by atoms with Gasteiger partial charge in [-0.3, -0.25) is 0 Å². The second-order valence-corrected chi connectivity index (χ2v) is 5.54. The molecule has 0 saturated heterocycles. The average Bonchev–Trinajstić information content (AvgIpc) is 2.31. The van der Waals surface area contributed by atoms with Crippen LogP contribution in [0, 0.1) is 0 Å². The molecule has 0 heterocycles. The smallest absolute Gasteiger partial charge is 0.331 e. The summed E-state index contributed by atoms with van der Waals surface area (Å²) < 4.78 is 0. The summed E-state index contributed by atoms with van der Waals surface area (Å²) in [5, 5.41) is 8.61. The molecule has 0 spiro atoms. The van der Waals surface area contributed by atoms with Gasteiger partial charge in [0.2, 0.25) is 0 Å². The van der Waals surface area contributed by atoms with Crippen molar-refractivity contribution in [1.29, 1.82) is 0 Å². The van der Waals surface area contributed by atoms with E-state index in [1.54, 1.807) is 11.8 Å². The zero-order valence-electron chi connectivity index (χ0n) is 11.0. The molecule has 1 N–H and O–H groups in total. The zero-order valence-corrected chi connectivity index (χ0v) is 11.9. The number of aliphatic carboxylic acids is 1. The van der Waals surface area contributed by atoms with Gasteiger partial charge in [0.25, 0.3) is 0 Å². The molecule has 0 aromatic rings. The van der Waals surface area contributed by atoms with Crippen LogP contribution in [0.1, 0.15) is 58.3 Å². The highest BCUT2D eigenvalue weighted by atomic mass is 32.2. The van der Waals surface area contributed by atoms with Crippen molar-refractivity contribution in [3.8, 4) is 0 Å². The molecule has 3 heteroatoms. The van der Waals surface area contributed by atoms with Crippen molar-refractivity contribution in [2.75, 3.05) is 11.5 Å². The molecule has 0 aliphatic carbocycles. The van der Waals surface area contributed by atoms with E-state index < -0.39 is 5.97 Å². The van der Waals surface area contributed by atoms with Crippen molar-refractivity contribution in [2.45, 2.75) is 58.3 Å². The second-order valence-electron chi connectivity index (χ2n) is 4.44. The molecule has 0 unspecified atom stereocenters. The van der Waals surface area contributed by atoms with E-state index in [9.17, 15) is 4.79 Å². The number of rotatable bonds is 12. The maximum absolute atomic E-state index is 10.5. The van der Waals surface area contributed by atoms with Crippen LogP contribution in [-0.4, -0.2) is 22.6 Å². The third-order valence-corrected chi connectivity index (χ3v) is 3.85. The Morgan fingerprint density at radius 1 is 1.06 bits per heavy atom. The summed E-state index contributed by atoms with van der Waals surface area (Å²) in [5.41, 5.74) is 0.314. The number of thioether (sulfide) groups is 1. The van der Waals surface area contributed by atoms with E-state index in [0.717, 1.165) is 5.75 Å². The molecule has 0 aliphatic rings. The van der Waals surface area contributed by atoms with Gasteiger partial charge in [0, 0.05) is 11.3 Å². The van der Waals surface area contributed by atoms with E-state index in [-0.39, 0.29) is 0 Å². The molecule has 0 aromatic carbocycles. The first-order valence-corrected chi connectivity index (χ1v) is 7.82. The Bertz CT molecular complexity index is 214. The molecular weight excluding hydrogens is 232 g/mol. The highest BCUT2D eigenvalue weighted by Crippen LogP contribution is 2.12. The monoisotopic (exact) mass is 258 g/mol. The summed E-state index contributed by atoms with van der Waals surface area (Å²) >= 11 is 1.68. The minimum absolute atomic E-state index is 0.314. The highest BCUT2D eigenvalue weighted by Gasteiger charge is 2.02. The second kappa shape index (κ2) is 12.0. The SMILES string of the molecule is C=C(CSCCCCCCCCCC)C(=O)O. The normalized spacial score (nSPS) is 10.4. The summed E-state index contributed by atoms with van der Waals surface area (Å²) in [6.07, 6.45) is 10.6. The summed E-state index contributed by atoms with van der Waals surface area (Å²) in [5.74, 6) is 0.751. The van der Waals surface area contributed by atoms with Crippen LogP contribution < -0.4 is 0 Å². The van der Waals surface area contributed by atoms with E-state index in [1.807, 2.05) is 0 Å². The summed E-state index contributed by atoms with van der Waals surface area (Å²) in [7, 11) is 0. The summed E-state index contributed by atoms with van der Waals surface area (Å²) in [6, 6.07) is 0. The van der Waals surface area contributed by atoms with Crippen molar-refractivity contribution in [1.82, 2.24) is 0 Å². The Hall–Kier alpha value is -0.440. The van der Waals surface area contributed by atoms with E-state index in [2.05, 4.69) is 13.5 Å². The first-order chi connectivity index (χ1) is 8.18. The Balaban J connectivity index is 3.08. The molecule has 0 aromatic heterocycles. The van der Waals surface area contributed by atoms with Crippen LogP contribution >= 0.6 is 11.8 Å². The van der Waals surface area contributed by atoms with Crippen molar-refractivity contribution in [3.05, 3.63) is 12.2 Å². The number of hydrogen-bond donors (Lipinski definition) is 1. The lowest BCUT2D eigenvalue weighted by Crippen LogP contribution is -2.01. The van der Waals surface area contributed by atoms with Crippen LogP contribution in [0.25, 0.3) is 0 Å². The van der Waals surface area contributed by atoms with Gasteiger partial charge in [-0.25, -0.2) is 4.79 Å². The molecule has 0 fully saturated rings. The molecule has 0 bridgehead atoms. The Morgan fingerprint density at radius 3 is 2.12 bits per heavy atom. The van der Waals surface area contributed by atoms with Gasteiger partial charge in [0.05, 0.1) is 0 Å². The average molecular weight is 258 g/mol. The predicted octanol–water partition coefficient (Wildman–Crippen LogP) is 4.50. The maximum atomic E-state index is 10.5. The number of carbonyl (C=O) groups is 1. The van der Waals surface area contributed by atoms with Crippen molar-refractivity contribution >= 4 is 17.7 Å². The van der Waals surface area contributed by atoms with Crippen LogP contribution in [0.15, 0.2) is 12.2 Å². The van der Waals surface area contributed by atoms with Crippen molar-refractivity contribution < 1.29 is 9.90 Å². The number of carboxylic acids is 1. The minimum atomic E-state index is -0.867. The molecule has 17 heavy (non-hydrogen) atoms. The quantitative estimate of drug-likeness (QED) is 0.413. The lowest BCUT2D eigenvalue weighted by molar-refractivity contribution is -0.132. The summed E-state index contributed by atoms with van der Waals surface area (Å²) in [4.78, 5) is 10.5. The molecule has 100 valence electrons. The van der Waals surface area contributed by atoms with Crippen LogP contribution in [0.3, 0.4) is 0 Å². The van der Waals surface area contributed by atoms with Crippen molar-refractivity contribution in [2.24, 2.45) is 0 Å². The van der Waals surface area contributed by atoms with Gasteiger partial charge in [0.15, 0.2) is 0 Å². The first kappa shape index (κ1) is 16.6. The van der Waals surface area contributed by atoms with Gasteiger partial charge in [-0.05, 0) is 12.2 Å². The van der Waals surface area contributed by atoms with Gasteiger partial charge in [0.1, 0.15) is 0 Å². The van der Waals surface area contributed by atoms with E-state index >= 15 is 0 Å². The van der Waals surface area contributed by atoms with Crippen LogP contribution in [0.5, 0.6) is 0 Å². The maximum Gasteiger partial charge on any atom is 0.331 e. The lowest BCUT2D eigenvalue weighted by atomic mass is 10.1. The van der Waals surface area contributed by atoms with Crippen LogP contribution in [0.2, 0.25) is 0 Å². The fraction of sp³-hybridized carbons (Fsp3) is 0.786. The van der Waals surface area contributed by atoms with Gasteiger partial charge < -0.3 is 5.11 Å². The number of unbranched alkanes of at least 4 members (excludes halogenated alkanes) is 7. The first-order valence-electron chi connectivity index (χ1n) is 6.67. The predicted molar refractivity (Wildman–Crippen MR) is 76.7 cm³/mol. The molecule has 0 saturated carbocycles. The third-order valence-electron chi connectivity index (χ3n) is 2.72. The van der Waals surface area contributed by atoms with Gasteiger partial charge >= 0.3 is 5.97 Å².